The van der Waals surface area contributed by atoms with E-state index in [4.69, 9.17) is 5.73 Å². The van der Waals surface area contributed by atoms with Crippen LogP contribution in [-0.2, 0) is 0 Å². The third kappa shape index (κ3) is 3.50. The highest BCUT2D eigenvalue weighted by Crippen LogP contribution is 2.39. The van der Waals surface area contributed by atoms with Gasteiger partial charge in [-0.25, -0.2) is 9.67 Å². The molecule has 162 valence electrons. The van der Waals surface area contributed by atoms with Crippen LogP contribution >= 0.6 is 15.9 Å². The largest absolute Gasteiger partial charge is 0.383 e. The van der Waals surface area contributed by atoms with Crippen LogP contribution in [0.25, 0.3) is 27.6 Å². The number of nitrogens with one attached hydrogen (secondary N) is 2. The van der Waals surface area contributed by atoms with Crippen LogP contribution in [-0.4, -0.2) is 30.5 Å². The molecule has 3 heterocycles. The third-order valence-electron chi connectivity index (χ3n) is 5.57. The molecule has 4 N–H and O–H groups in total. The van der Waals surface area contributed by atoms with Gasteiger partial charge in [0.15, 0.2) is 0 Å². The van der Waals surface area contributed by atoms with E-state index in [1.165, 1.54) is 19.0 Å². The number of ketones is 1. The van der Waals surface area contributed by atoms with Crippen LogP contribution in [0.2, 0.25) is 0 Å². The van der Waals surface area contributed by atoms with E-state index in [1.807, 2.05) is 56.3 Å². The highest BCUT2D eigenvalue weighted by Gasteiger charge is 2.27. The maximum absolute atomic E-state index is 13.1. The first-order valence-electron chi connectivity index (χ1n) is 10.7. The number of nitrogen functional groups attached to an aromatic ring is 1. The minimum Gasteiger partial charge on any atom is -0.383 e. The Labute approximate surface area is 193 Å². The van der Waals surface area contributed by atoms with Crippen molar-refractivity contribution < 1.29 is 4.79 Å². The fraction of sp³-hybridized carbons (Fsp3) is 0.208. The number of benzene rings is 2. The lowest BCUT2D eigenvalue weighted by Gasteiger charge is -2.05. The number of hydrogen-bond acceptors (Lipinski definition) is 4. The van der Waals surface area contributed by atoms with Crippen LogP contribution in [0.1, 0.15) is 54.5 Å². The van der Waals surface area contributed by atoms with E-state index in [2.05, 4.69) is 36.0 Å². The van der Waals surface area contributed by atoms with Crippen molar-refractivity contribution in [3.8, 4) is 5.69 Å². The van der Waals surface area contributed by atoms with Gasteiger partial charge in [0, 0.05) is 21.3 Å². The number of carbonyl (C=O) groups is 1. The van der Waals surface area contributed by atoms with Gasteiger partial charge in [-0.2, -0.15) is 5.10 Å². The summed E-state index contributed by atoms with van der Waals surface area (Å²) in [5.74, 6) is 1.71. The Morgan fingerprint density at radius 3 is 2.69 bits per heavy atom. The Hall–Kier alpha value is -3.39. The minimum absolute atomic E-state index is 0.190. The van der Waals surface area contributed by atoms with Gasteiger partial charge in [0.25, 0.3) is 0 Å². The fourth-order valence-corrected chi connectivity index (χ4v) is 4.17. The van der Waals surface area contributed by atoms with Gasteiger partial charge in [0.05, 0.1) is 34.2 Å². The Bertz CT molecular complexity index is 1460. The summed E-state index contributed by atoms with van der Waals surface area (Å²) in [5.41, 5.74) is 10.7. The third-order valence-corrected chi connectivity index (χ3v) is 6.07. The second kappa shape index (κ2) is 7.94. The summed E-state index contributed by atoms with van der Waals surface area (Å²) in [6, 6.07) is 13.5. The molecule has 1 saturated carbocycles. The number of H-pyrrole nitrogens is 2. The molecule has 7 nitrogen and oxygen atoms in total. The van der Waals surface area contributed by atoms with Crippen LogP contribution in [0.3, 0.4) is 0 Å². The number of aromatic nitrogens is 5. The van der Waals surface area contributed by atoms with E-state index in [-0.39, 0.29) is 5.78 Å². The first kappa shape index (κ1) is 20.5. The average molecular weight is 491 g/mol. The highest BCUT2D eigenvalue weighted by atomic mass is 79.9. The SMILES string of the molecule is CC.Nc1c(C(=O)c2cc3ccc(Br)cc3[nH]2)cnn1-c1ccc2nc(C3CC3)[nH]c2c1. The van der Waals surface area contributed by atoms with Gasteiger partial charge < -0.3 is 15.7 Å². The number of rotatable bonds is 4. The first-order valence-corrected chi connectivity index (χ1v) is 11.5. The molecule has 0 unspecified atom stereocenters. The van der Waals surface area contributed by atoms with Gasteiger partial charge in [-0.05, 0) is 49.2 Å². The standard InChI is InChI=1S/C22H17BrN6O.C2H6/c23-13-4-3-12-7-19(26-17(12)8-13)20(30)15-10-25-29(21(15)24)14-5-6-16-18(9-14)28-22(27-16)11-1-2-11;1-2/h3-11,26H,1-2,24H2,(H,27,28);1-2H3. The monoisotopic (exact) mass is 490 g/mol. The van der Waals surface area contributed by atoms with Gasteiger partial charge in [-0.1, -0.05) is 35.8 Å². The van der Waals surface area contributed by atoms with E-state index in [9.17, 15) is 4.79 Å². The predicted molar refractivity (Wildman–Crippen MR) is 130 cm³/mol. The van der Waals surface area contributed by atoms with Gasteiger partial charge in [-0.15, -0.1) is 0 Å². The Balaban J connectivity index is 0.00000105. The van der Waals surface area contributed by atoms with Crippen molar-refractivity contribution in [2.24, 2.45) is 0 Å². The van der Waals surface area contributed by atoms with Crippen LogP contribution < -0.4 is 5.73 Å². The average Bonchev–Trinajstić information content (AvgIpc) is 3.25. The van der Waals surface area contributed by atoms with Crippen LogP contribution in [0.4, 0.5) is 5.82 Å². The van der Waals surface area contributed by atoms with Crippen molar-refractivity contribution in [3.63, 3.8) is 0 Å². The van der Waals surface area contributed by atoms with Crippen molar-refractivity contribution in [1.29, 1.82) is 0 Å². The smallest absolute Gasteiger partial charge is 0.214 e. The molecule has 0 saturated heterocycles. The number of aromatic amines is 2. The maximum Gasteiger partial charge on any atom is 0.214 e. The summed E-state index contributed by atoms with van der Waals surface area (Å²) >= 11 is 3.45. The van der Waals surface area contributed by atoms with Gasteiger partial charge in [-0.3, -0.25) is 4.79 Å². The number of halogens is 1. The van der Waals surface area contributed by atoms with Gasteiger partial charge in [0.1, 0.15) is 11.6 Å². The first-order chi connectivity index (χ1) is 15.6. The van der Waals surface area contributed by atoms with E-state index in [1.54, 1.807) is 4.68 Å². The predicted octanol–water partition coefficient (Wildman–Crippen LogP) is 5.71. The van der Waals surface area contributed by atoms with E-state index >= 15 is 0 Å². The van der Waals surface area contributed by atoms with E-state index in [0.717, 1.165) is 37.9 Å². The molecular weight excluding hydrogens is 468 g/mol. The van der Waals surface area contributed by atoms with Gasteiger partial charge >= 0.3 is 0 Å². The molecule has 0 aliphatic heterocycles. The fourth-order valence-electron chi connectivity index (χ4n) is 3.80. The number of anilines is 1. The summed E-state index contributed by atoms with van der Waals surface area (Å²) < 4.78 is 2.53. The normalized spacial score (nSPS) is 13.3. The molecule has 6 rings (SSSR count). The summed E-state index contributed by atoms with van der Waals surface area (Å²) in [4.78, 5) is 24.3. The van der Waals surface area contributed by atoms with Crippen molar-refractivity contribution in [2.75, 3.05) is 5.73 Å². The van der Waals surface area contributed by atoms with Gasteiger partial charge in [0.2, 0.25) is 5.78 Å². The topological polar surface area (TPSA) is 105 Å². The molecule has 32 heavy (non-hydrogen) atoms. The van der Waals surface area contributed by atoms with E-state index < -0.39 is 0 Å². The highest BCUT2D eigenvalue weighted by molar-refractivity contribution is 9.10. The molecule has 1 aliphatic carbocycles. The lowest BCUT2D eigenvalue weighted by atomic mass is 10.1. The summed E-state index contributed by atoms with van der Waals surface area (Å²) in [5, 5.41) is 5.34. The number of imidazole rings is 1. The summed E-state index contributed by atoms with van der Waals surface area (Å²) in [7, 11) is 0. The zero-order valence-electron chi connectivity index (χ0n) is 17.8. The van der Waals surface area contributed by atoms with Crippen molar-refractivity contribution in [2.45, 2.75) is 32.6 Å². The molecule has 0 atom stereocenters. The Morgan fingerprint density at radius 1 is 1.09 bits per heavy atom. The minimum atomic E-state index is -0.190. The maximum atomic E-state index is 13.1. The molecule has 0 bridgehead atoms. The molecule has 0 radical (unpaired) electrons. The van der Waals surface area contributed by atoms with E-state index in [0.29, 0.717) is 23.0 Å². The van der Waals surface area contributed by atoms with Crippen molar-refractivity contribution in [1.82, 2.24) is 24.7 Å². The molecule has 5 aromatic rings. The summed E-state index contributed by atoms with van der Waals surface area (Å²) in [6.07, 6.45) is 3.90. The van der Waals surface area contributed by atoms with Crippen LogP contribution in [0, 0.1) is 0 Å². The lowest BCUT2D eigenvalue weighted by molar-refractivity contribution is 0.103. The Morgan fingerprint density at radius 2 is 1.91 bits per heavy atom. The quantitative estimate of drug-likeness (QED) is 0.280. The number of carbonyl (C=O) groups excluding carboxylic acids is 1. The zero-order valence-corrected chi connectivity index (χ0v) is 19.4. The number of nitrogens with two attached hydrogens (primary N) is 1. The molecule has 0 amide bonds. The van der Waals surface area contributed by atoms with Crippen LogP contribution in [0.15, 0.2) is 53.1 Å². The molecule has 8 heteroatoms. The molecular formula is C24H23BrN6O. The number of fused-ring (bicyclic) bond motifs is 2. The van der Waals surface area contributed by atoms with Crippen LogP contribution in [0.5, 0.6) is 0 Å². The molecule has 1 fully saturated rings. The van der Waals surface area contributed by atoms with Crippen molar-refractivity contribution in [3.05, 3.63) is 70.2 Å². The number of nitrogens with zero attached hydrogens (tertiary/aromatic N) is 3. The Kier molecular flexibility index (Phi) is 5.09. The second-order valence-electron chi connectivity index (χ2n) is 7.70. The molecule has 3 aromatic heterocycles. The zero-order chi connectivity index (χ0) is 22.4. The lowest BCUT2D eigenvalue weighted by Crippen LogP contribution is -2.07. The molecule has 2 aromatic carbocycles. The van der Waals surface area contributed by atoms with Crippen molar-refractivity contribution >= 4 is 49.5 Å². The second-order valence-corrected chi connectivity index (χ2v) is 8.61. The molecule has 0 spiro atoms. The summed E-state index contributed by atoms with van der Waals surface area (Å²) in [6.45, 7) is 4.00. The number of hydrogen-bond donors (Lipinski definition) is 3. The molecule has 1 aliphatic rings.